The second-order valence-corrected chi connectivity index (χ2v) is 4.18. The summed E-state index contributed by atoms with van der Waals surface area (Å²) < 4.78 is 7.03. The van der Waals surface area contributed by atoms with Gasteiger partial charge in [0.1, 0.15) is 5.75 Å². The highest BCUT2D eigenvalue weighted by molar-refractivity contribution is 5.85. The maximum Gasteiger partial charge on any atom is 0.418 e. The van der Waals surface area contributed by atoms with Crippen molar-refractivity contribution in [1.82, 2.24) is 9.78 Å². The molecule has 1 aliphatic heterocycles. The number of aromatic nitrogens is 2. The van der Waals surface area contributed by atoms with Gasteiger partial charge in [-0.2, -0.15) is 5.10 Å². The van der Waals surface area contributed by atoms with Gasteiger partial charge in [-0.15, -0.1) is 0 Å². The maximum absolute atomic E-state index is 11.6. The van der Waals surface area contributed by atoms with Crippen molar-refractivity contribution in [3.05, 3.63) is 42.1 Å². The van der Waals surface area contributed by atoms with E-state index in [1.807, 2.05) is 28.9 Å². The van der Waals surface area contributed by atoms with E-state index in [1.165, 1.54) is 0 Å². The Morgan fingerprint density at radius 2 is 2.17 bits per heavy atom. The third-order valence-electron chi connectivity index (χ3n) is 2.85. The monoisotopic (exact) mass is 243 g/mol. The highest BCUT2D eigenvalue weighted by Crippen LogP contribution is 2.18. The van der Waals surface area contributed by atoms with Crippen molar-refractivity contribution < 1.29 is 9.53 Å². The molecule has 0 spiro atoms. The van der Waals surface area contributed by atoms with Gasteiger partial charge in [0.15, 0.2) is 5.82 Å². The molecule has 2 aromatic rings. The fourth-order valence-electron chi connectivity index (χ4n) is 2.05. The van der Waals surface area contributed by atoms with E-state index in [-0.39, 0.29) is 0 Å². The molecule has 18 heavy (non-hydrogen) atoms. The SMILES string of the molecule is O=C(Nc1cc2n(n1)CCC2)Oc1ccccc1. The van der Waals surface area contributed by atoms with Crippen LogP contribution in [-0.2, 0) is 13.0 Å². The predicted molar refractivity (Wildman–Crippen MR) is 66.6 cm³/mol. The Hall–Kier alpha value is -2.30. The Morgan fingerprint density at radius 3 is 2.94 bits per heavy atom. The summed E-state index contributed by atoms with van der Waals surface area (Å²) in [5.41, 5.74) is 1.16. The van der Waals surface area contributed by atoms with Gasteiger partial charge in [0, 0.05) is 18.3 Å². The Bertz CT molecular complexity index is 541. The minimum absolute atomic E-state index is 0.516. The molecule has 0 saturated carbocycles. The van der Waals surface area contributed by atoms with Crippen molar-refractivity contribution >= 4 is 11.9 Å². The lowest BCUT2D eigenvalue weighted by molar-refractivity contribution is 0.215. The molecule has 1 aliphatic rings. The fraction of sp³-hybridized carbons (Fsp3) is 0.231. The molecule has 1 aromatic carbocycles. The number of benzene rings is 1. The number of nitrogens with zero attached hydrogens (tertiary/aromatic N) is 2. The zero-order valence-electron chi connectivity index (χ0n) is 9.80. The number of carbonyl (C=O) groups is 1. The Kier molecular flexibility index (Phi) is 2.72. The van der Waals surface area contributed by atoms with Crippen LogP contribution in [0.15, 0.2) is 36.4 Å². The van der Waals surface area contributed by atoms with E-state index in [4.69, 9.17) is 4.74 Å². The van der Waals surface area contributed by atoms with Gasteiger partial charge in [0.05, 0.1) is 0 Å². The summed E-state index contributed by atoms with van der Waals surface area (Å²) >= 11 is 0. The lowest BCUT2D eigenvalue weighted by atomic mass is 10.3. The number of rotatable bonds is 2. The molecule has 3 rings (SSSR count). The van der Waals surface area contributed by atoms with Crippen LogP contribution in [0.5, 0.6) is 5.75 Å². The molecule has 92 valence electrons. The second kappa shape index (κ2) is 4.52. The molecule has 5 heteroatoms. The van der Waals surface area contributed by atoms with E-state index >= 15 is 0 Å². The van der Waals surface area contributed by atoms with Crippen molar-refractivity contribution in [2.75, 3.05) is 5.32 Å². The number of hydrogen-bond acceptors (Lipinski definition) is 3. The standard InChI is InChI=1S/C13H13N3O2/c17-13(18-11-6-2-1-3-7-11)14-12-9-10-5-4-8-16(10)15-12/h1-3,6-7,9H,4-5,8H2,(H,14,15,17). The number of amides is 1. The molecule has 0 bridgehead atoms. The molecular formula is C13H13N3O2. The minimum Gasteiger partial charge on any atom is -0.410 e. The lowest BCUT2D eigenvalue weighted by Gasteiger charge is -2.03. The van der Waals surface area contributed by atoms with Crippen molar-refractivity contribution in [2.24, 2.45) is 0 Å². The number of anilines is 1. The summed E-state index contributed by atoms with van der Waals surface area (Å²) in [6, 6.07) is 10.8. The summed E-state index contributed by atoms with van der Waals surface area (Å²) in [5, 5.41) is 6.90. The Labute approximate surface area is 104 Å². The van der Waals surface area contributed by atoms with Gasteiger partial charge in [0.2, 0.25) is 0 Å². The number of aryl methyl sites for hydroxylation is 2. The maximum atomic E-state index is 11.6. The van der Waals surface area contributed by atoms with Crippen LogP contribution < -0.4 is 10.1 Å². The summed E-state index contributed by atoms with van der Waals surface area (Å²) in [6.07, 6.45) is 1.62. The highest BCUT2D eigenvalue weighted by atomic mass is 16.6. The molecule has 0 fully saturated rings. The molecule has 1 aromatic heterocycles. The van der Waals surface area contributed by atoms with Crippen LogP contribution in [0.2, 0.25) is 0 Å². The fourth-order valence-corrected chi connectivity index (χ4v) is 2.05. The van der Waals surface area contributed by atoms with Crippen LogP contribution in [0.1, 0.15) is 12.1 Å². The summed E-state index contributed by atoms with van der Waals surface area (Å²) in [4.78, 5) is 11.6. The molecule has 2 heterocycles. The van der Waals surface area contributed by atoms with Gasteiger partial charge in [-0.1, -0.05) is 18.2 Å². The minimum atomic E-state index is -0.516. The highest BCUT2D eigenvalue weighted by Gasteiger charge is 2.15. The quantitative estimate of drug-likeness (QED) is 0.881. The average molecular weight is 243 g/mol. The number of ether oxygens (including phenoxy) is 1. The van der Waals surface area contributed by atoms with Gasteiger partial charge in [-0.05, 0) is 25.0 Å². The van der Waals surface area contributed by atoms with Gasteiger partial charge < -0.3 is 4.74 Å². The number of nitrogens with one attached hydrogen (secondary N) is 1. The van der Waals surface area contributed by atoms with E-state index in [9.17, 15) is 4.79 Å². The van der Waals surface area contributed by atoms with Crippen LogP contribution in [0.3, 0.4) is 0 Å². The smallest absolute Gasteiger partial charge is 0.410 e. The van der Waals surface area contributed by atoms with Crippen molar-refractivity contribution in [2.45, 2.75) is 19.4 Å². The van der Waals surface area contributed by atoms with E-state index < -0.39 is 6.09 Å². The number of fused-ring (bicyclic) bond motifs is 1. The zero-order valence-corrected chi connectivity index (χ0v) is 9.80. The van der Waals surface area contributed by atoms with Crippen LogP contribution in [-0.4, -0.2) is 15.9 Å². The van der Waals surface area contributed by atoms with Crippen molar-refractivity contribution in [3.8, 4) is 5.75 Å². The average Bonchev–Trinajstić information content (AvgIpc) is 2.90. The van der Waals surface area contributed by atoms with Crippen molar-refractivity contribution in [1.29, 1.82) is 0 Å². The van der Waals surface area contributed by atoms with Crippen LogP contribution in [0.4, 0.5) is 10.6 Å². The van der Waals surface area contributed by atoms with Gasteiger partial charge in [0.25, 0.3) is 0 Å². The van der Waals surface area contributed by atoms with Gasteiger partial charge >= 0.3 is 6.09 Å². The van der Waals surface area contributed by atoms with E-state index in [2.05, 4.69) is 10.4 Å². The molecule has 0 unspecified atom stereocenters. The second-order valence-electron chi connectivity index (χ2n) is 4.18. The van der Waals surface area contributed by atoms with Crippen LogP contribution in [0, 0.1) is 0 Å². The number of carbonyl (C=O) groups excluding carboxylic acids is 1. The predicted octanol–water partition coefficient (Wildman–Crippen LogP) is 2.44. The number of para-hydroxylation sites is 1. The van der Waals surface area contributed by atoms with Crippen molar-refractivity contribution in [3.63, 3.8) is 0 Å². The lowest BCUT2D eigenvalue weighted by Crippen LogP contribution is -2.17. The van der Waals surface area contributed by atoms with E-state index in [0.29, 0.717) is 11.6 Å². The van der Waals surface area contributed by atoms with E-state index in [1.54, 1.807) is 12.1 Å². The van der Waals surface area contributed by atoms with E-state index in [0.717, 1.165) is 25.1 Å². The zero-order chi connectivity index (χ0) is 12.4. The molecule has 1 amide bonds. The first kappa shape index (κ1) is 10.8. The first-order chi connectivity index (χ1) is 8.81. The van der Waals surface area contributed by atoms with Gasteiger partial charge in [-0.3, -0.25) is 10.00 Å². The molecule has 0 atom stereocenters. The number of hydrogen-bond donors (Lipinski definition) is 1. The first-order valence-electron chi connectivity index (χ1n) is 5.92. The Morgan fingerprint density at radius 1 is 1.33 bits per heavy atom. The molecule has 0 saturated heterocycles. The molecule has 1 N–H and O–H groups in total. The summed E-state index contributed by atoms with van der Waals surface area (Å²) in [5.74, 6) is 1.06. The van der Waals surface area contributed by atoms with Crippen LogP contribution in [0.25, 0.3) is 0 Å². The third-order valence-corrected chi connectivity index (χ3v) is 2.85. The third kappa shape index (κ3) is 2.20. The molecule has 0 aliphatic carbocycles. The normalized spacial score (nSPS) is 13.1. The Balaban J connectivity index is 1.64. The summed E-state index contributed by atoms with van der Waals surface area (Å²) in [6.45, 7) is 0.921. The summed E-state index contributed by atoms with van der Waals surface area (Å²) in [7, 11) is 0. The largest absolute Gasteiger partial charge is 0.418 e. The molecule has 5 nitrogen and oxygen atoms in total. The van der Waals surface area contributed by atoms with Crippen LogP contribution >= 0.6 is 0 Å². The first-order valence-corrected chi connectivity index (χ1v) is 5.92. The van der Waals surface area contributed by atoms with Gasteiger partial charge in [-0.25, -0.2) is 4.79 Å². The topological polar surface area (TPSA) is 56.2 Å². The molecule has 0 radical (unpaired) electrons. The molecular weight excluding hydrogens is 230 g/mol.